The van der Waals surface area contributed by atoms with E-state index in [1.165, 1.54) is 19.3 Å². The van der Waals surface area contributed by atoms with Crippen molar-refractivity contribution in [3.05, 3.63) is 0 Å². The zero-order valence-electron chi connectivity index (χ0n) is 9.95. The summed E-state index contributed by atoms with van der Waals surface area (Å²) >= 11 is 0. The Morgan fingerprint density at radius 2 is 2.00 bits per heavy atom. The summed E-state index contributed by atoms with van der Waals surface area (Å²) in [5.41, 5.74) is 0. The van der Waals surface area contributed by atoms with Crippen LogP contribution in [0.5, 0.6) is 0 Å². The van der Waals surface area contributed by atoms with Crippen molar-refractivity contribution in [2.45, 2.75) is 50.7 Å². The number of hydrogen-bond acceptors (Lipinski definition) is 3. The lowest BCUT2D eigenvalue weighted by Crippen LogP contribution is -2.37. The quantitative estimate of drug-likeness (QED) is 0.814. The fourth-order valence-electron chi connectivity index (χ4n) is 2.48. The highest BCUT2D eigenvalue weighted by molar-refractivity contribution is 7.85. The van der Waals surface area contributed by atoms with Crippen LogP contribution in [0.25, 0.3) is 0 Å². The van der Waals surface area contributed by atoms with Gasteiger partial charge >= 0.3 is 0 Å². The van der Waals surface area contributed by atoms with Crippen molar-refractivity contribution in [2.24, 2.45) is 0 Å². The summed E-state index contributed by atoms with van der Waals surface area (Å²) in [4.78, 5) is 0. The maximum absolute atomic E-state index is 11.2. The normalized spacial score (nSPS) is 36.1. The minimum Gasteiger partial charge on any atom is -0.378 e. The van der Waals surface area contributed by atoms with Crippen molar-refractivity contribution in [1.29, 1.82) is 0 Å². The molecule has 0 saturated carbocycles. The average molecular weight is 245 g/mol. The minimum absolute atomic E-state index is 0.485. The van der Waals surface area contributed by atoms with Crippen molar-refractivity contribution in [3.8, 4) is 0 Å². The third kappa shape index (κ3) is 4.15. The van der Waals surface area contributed by atoms with Gasteiger partial charge in [0.15, 0.2) is 0 Å². The molecule has 4 heteroatoms. The van der Waals surface area contributed by atoms with Crippen LogP contribution in [0.2, 0.25) is 0 Å². The Labute approximate surface area is 101 Å². The number of rotatable bonds is 4. The van der Waals surface area contributed by atoms with Gasteiger partial charge in [0.05, 0.1) is 6.10 Å². The van der Waals surface area contributed by atoms with E-state index in [9.17, 15) is 4.21 Å². The first kappa shape index (κ1) is 12.5. The smallest absolute Gasteiger partial charge is 0.0587 e. The summed E-state index contributed by atoms with van der Waals surface area (Å²) in [5, 5.41) is 3.57. The summed E-state index contributed by atoms with van der Waals surface area (Å²) in [5.74, 6) is 1.77. The molecule has 2 fully saturated rings. The number of nitrogens with one attached hydrogen (secondary N) is 1. The van der Waals surface area contributed by atoms with Crippen LogP contribution in [0.3, 0.4) is 0 Å². The highest BCUT2D eigenvalue weighted by atomic mass is 32.2. The Balaban J connectivity index is 1.55. The van der Waals surface area contributed by atoms with Gasteiger partial charge in [0.2, 0.25) is 0 Å². The van der Waals surface area contributed by atoms with E-state index in [2.05, 4.69) is 5.32 Å². The van der Waals surface area contributed by atoms with Crippen LogP contribution in [0, 0.1) is 0 Å². The van der Waals surface area contributed by atoms with Gasteiger partial charge in [0, 0.05) is 35.0 Å². The van der Waals surface area contributed by atoms with E-state index in [0.29, 0.717) is 12.1 Å². The highest BCUT2D eigenvalue weighted by Gasteiger charge is 2.18. The van der Waals surface area contributed by atoms with Crippen LogP contribution < -0.4 is 5.32 Å². The third-order valence-corrected chi connectivity index (χ3v) is 4.94. The van der Waals surface area contributed by atoms with Crippen molar-refractivity contribution in [1.82, 2.24) is 5.32 Å². The molecule has 1 atom stereocenters. The molecule has 2 heterocycles. The van der Waals surface area contributed by atoms with Crippen molar-refractivity contribution in [2.75, 3.05) is 24.7 Å². The molecule has 2 rings (SSSR count). The Hall–Kier alpha value is 0.0700. The standard InChI is InChI=1S/C12H23NO2S/c14-16-9-5-11(6-10-16)13-7-4-12-3-1-2-8-15-12/h11-13H,1-10H2. The molecule has 2 aliphatic rings. The summed E-state index contributed by atoms with van der Waals surface area (Å²) < 4.78 is 16.9. The molecule has 2 saturated heterocycles. The van der Waals surface area contributed by atoms with Gasteiger partial charge in [-0.25, -0.2) is 0 Å². The van der Waals surface area contributed by atoms with Gasteiger partial charge in [0.1, 0.15) is 0 Å². The zero-order chi connectivity index (χ0) is 11.2. The van der Waals surface area contributed by atoms with Crippen LogP contribution in [0.4, 0.5) is 0 Å². The molecule has 1 unspecified atom stereocenters. The van der Waals surface area contributed by atoms with E-state index in [0.717, 1.165) is 43.9 Å². The minimum atomic E-state index is -0.535. The van der Waals surface area contributed by atoms with Gasteiger partial charge in [-0.15, -0.1) is 0 Å². The maximum Gasteiger partial charge on any atom is 0.0587 e. The van der Waals surface area contributed by atoms with Crippen LogP contribution in [0.1, 0.15) is 38.5 Å². The van der Waals surface area contributed by atoms with Gasteiger partial charge in [0.25, 0.3) is 0 Å². The molecule has 0 aromatic heterocycles. The molecule has 16 heavy (non-hydrogen) atoms. The van der Waals surface area contributed by atoms with E-state index < -0.39 is 10.8 Å². The van der Waals surface area contributed by atoms with Crippen LogP contribution in [0.15, 0.2) is 0 Å². The van der Waals surface area contributed by atoms with Crippen LogP contribution in [-0.2, 0) is 15.5 Å². The van der Waals surface area contributed by atoms with E-state index in [1.54, 1.807) is 0 Å². The zero-order valence-corrected chi connectivity index (χ0v) is 10.8. The first-order valence-corrected chi connectivity index (χ1v) is 8.03. The summed E-state index contributed by atoms with van der Waals surface area (Å²) in [7, 11) is -0.535. The number of hydrogen-bond donors (Lipinski definition) is 1. The summed E-state index contributed by atoms with van der Waals surface area (Å²) in [6.07, 6.45) is 7.58. The van der Waals surface area contributed by atoms with Crippen LogP contribution in [-0.4, -0.2) is 41.0 Å². The molecule has 3 nitrogen and oxygen atoms in total. The highest BCUT2D eigenvalue weighted by Crippen LogP contribution is 2.15. The molecule has 0 amide bonds. The van der Waals surface area contributed by atoms with Gasteiger partial charge in [-0.05, 0) is 45.1 Å². The second-order valence-corrected chi connectivity index (χ2v) is 6.55. The lowest BCUT2D eigenvalue weighted by Gasteiger charge is -2.26. The first-order valence-electron chi connectivity index (χ1n) is 6.54. The second-order valence-electron chi connectivity index (χ2n) is 4.85. The lowest BCUT2D eigenvalue weighted by atomic mass is 10.1. The van der Waals surface area contributed by atoms with Gasteiger partial charge < -0.3 is 10.1 Å². The predicted molar refractivity (Wildman–Crippen MR) is 67.1 cm³/mol. The molecule has 2 aliphatic heterocycles. The topological polar surface area (TPSA) is 38.3 Å². The van der Waals surface area contributed by atoms with Crippen molar-refractivity contribution < 1.29 is 8.95 Å². The Bertz CT molecular complexity index is 219. The van der Waals surface area contributed by atoms with Crippen molar-refractivity contribution in [3.63, 3.8) is 0 Å². The van der Waals surface area contributed by atoms with Gasteiger partial charge in [-0.1, -0.05) is 0 Å². The molecule has 0 radical (unpaired) electrons. The van der Waals surface area contributed by atoms with Crippen LogP contribution >= 0.6 is 0 Å². The molecule has 0 bridgehead atoms. The monoisotopic (exact) mass is 245 g/mol. The first-order chi connectivity index (χ1) is 7.84. The summed E-state index contributed by atoms with van der Waals surface area (Å²) in [6, 6.07) is 0.598. The Kier molecular flexibility index (Phi) is 5.26. The largest absolute Gasteiger partial charge is 0.378 e. The molecule has 0 aliphatic carbocycles. The number of ether oxygens (including phenoxy) is 1. The van der Waals surface area contributed by atoms with Gasteiger partial charge in [-0.3, -0.25) is 4.21 Å². The fourth-order valence-corrected chi connectivity index (χ4v) is 3.78. The average Bonchev–Trinajstić information content (AvgIpc) is 2.33. The van der Waals surface area contributed by atoms with E-state index in [1.807, 2.05) is 0 Å². The van der Waals surface area contributed by atoms with Crippen molar-refractivity contribution >= 4 is 10.8 Å². The fraction of sp³-hybridized carbons (Fsp3) is 1.00. The third-order valence-electron chi connectivity index (χ3n) is 3.56. The Morgan fingerprint density at radius 3 is 2.69 bits per heavy atom. The second kappa shape index (κ2) is 6.72. The molecule has 0 aromatic carbocycles. The predicted octanol–water partition coefficient (Wildman–Crippen LogP) is 1.45. The molecular formula is C12H23NO2S. The lowest BCUT2D eigenvalue weighted by molar-refractivity contribution is 0.0111. The Morgan fingerprint density at radius 1 is 1.19 bits per heavy atom. The SMILES string of the molecule is O=S1CCC(NCCC2CCCCO2)CC1. The molecule has 0 aromatic rings. The molecule has 0 spiro atoms. The van der Waals surface area contributed by atoms with E-state index in [4.69, 9.17) is 4.74 Å². The maximum atomic E-state index is 11.2. The van der Waals surface area contributed by atoms with Gasteiger partial charge in [-0.2, -0.15) is 0 Å². The van der Waals surface area contributed by atoms with E-state index in [-0.39, 0.29) is 0 Å². The summed E-state index contributed by atoms with van der Waals surface area (Å²) in [6.45, 7) is 2.01. The molecular weight excluding hydrogens is 222 g/mol. The molecule has 94 valence electrons. The van der Waals surface area contributed by atoms with E-state index >= 15 is 0 Å². The molecule has 1 N–H and O–H groups in total.